The van der Waals surface area contributed by atoms with E-state index < -0.39 is 11.8 Å². The van der Waals surface area contributed by atoms with E-state index in [2.05, 4.69) is 34.0 Å². The molecule has 3 aromatic rings. The number of rotatable bonds is 7. The van der Waals surface area contributed by atoms with Crippen LogP contribution in [0.15, 0.2) is 71.8 Å². The van der Waals surface area contributed by atoms with Crippen LogP contribution < -0.4 is 15.5 Å². The van der Waals surface area contributed by atoms with Crippen LogP contribution in [-0.4, -0.2) is 24.6 Å². The fraction of sp³-hybridized carbons (Fsp3) is 0.174. The molecule has 0 radical (unpaired) electrons. The molecule has 0 aliphatic carbocycles. The fourth-order valence-electron chi connectivity index (χ4n) is 2.80. The Morgan fingerprint density at radius 3 is 2.66 bits per heavy atom. The minimum Gasteiger partial charge on any atom is -0.489 e. The number of fused-ring (bicyclic) bond motifs is 1. The highest BCUT2D eigenvalue weighted by Gasteiger charge is 2.10. The summed E-state index contributed by atoms with van der Waals surface area (Å²) in [6, 6.07) is 21.7. The molecule has 2 N–H and O–H groups in total. The molecule has 0 bridgehead atoms. The third-order valence-corrected chi connectivity index (χ3v) is 4.25. The molecule has 6 heteroatoms. The van der Waals surface area contributed by atoms with Gasteiger partial charge in [0.15, 0.2) is 0 Å². The summed E-state index contributed by atoms with van der Waals surface area (Å²) in [6.07, 6.45) is 2.23. The topological polar surface area (TPSA) is 79.8 Å². The van der Waals surface area contributed by atoms with Crippen molar-refractivity contribution in [1.29, 1.82) is 0 Å². The molecule has 3 aromatic carbocycles. The van der Waals surface area contributed by atoms with Crippen LogP contribution in [0.4, 0.5) is 0 Å². The minimum atomic E-state index is -0.793. The molecule has 0 heterocycles. The molecule has 0 atom stereocenters. The molecule has 0 spiro atoms. The Morgan fingerprint density at radius 2 is 1.79 bits per heavy atom. The van der Waals surface area contributed by atoms with Gasteiger partial charge < -0.3 is 10.1 Å². The molecule has 3 rings (SSSR count). The molecular weight excluding hydrogens is 366 g/mol. The Kier molecular flexibility index (Phi) is 6.95. The standard InChI is InChI=1S/C23H23N3O3/c1-2-13-24-22(27)23(28)26-25-15-17-7-5-11-20(14-17)29-16-19-10-6-9-18-8-3-4-12-21(18)19/h3-12,14-15H,2,13,16H2,1H3,(H,24,27)(H,26,28)/b25-15-. The Balaban J connectivity index is 1.59. The van der Waals surface area contributed by atoms with Gasteiger partial charge in [0.05, 0.1) is 6.21 Å². The van der Waals surface area contributed by atoms with E-state index in [-0.39, 0.29) is 0 Å². The summed E-state index contributed by atoms with van der Waals surface area (Å²) < 4.78 is 5.94. The Labute approximate surface area is 169 Å². The number of hydrazone groups is 1. The van der Waals surface area contributed by atoms with E-state index >= 15 is 0 Å². The molecule has 0 aliphatic heterocycles. The number of amides is 2. The van der Waals surface area contributed by atoms with Crippen molar-refractivity contribution in [2.24, 2.45) is 5.10 Å². The van der Waals surface area contributed by atoms with Gasteiger partial charge in [-0.1, -0.05) is 61.5 Å². The van der Waals surface area contributed by atoms with Crippen LogP contribution in [0.25, 0.3) is 10.8 Å². The molecule has 29 heavy (non-hydrogen) atoms. The zero-order valence-corrected chi connectivity index (χ0v) is 16.2. The smallest absolute Gasteiger partial charge is 0.329 e. The summed E-state index contributed by atoms with van der Waals surface area (Å²) in [5.41, 5.74) is 4.06. The van der Waals surface area contributed by atoms with Crippen LogP contribution in [0.5, 0.6) is 5.75 Å². The first-order chi connectivity index (χ1) is 14.2. The molecule has 0 aliphatic rings. The largest absolute Gasteiger partial charge is 0.489 e. The van der Waals surface area contributed by atoms with Crippen molar-refractivity contribution in [3.63, 3.8) is 0 Å². The number of hydrogen-bond donors (Lipinski definition) is 2. The molecule has 6 nitrogen and oxygen atoms in total. The van der Waals surface area contributed by atoms with E-state index in [0.717, 1.165) is 22.9 Å². The van der Waals surface area contributed by atoms with Gasteiger partial charge >= 0.3 is 11.8 Å². The number of nitrogens with zero attached hydrogens (tertiary/aromatic N) is 1. The number of benzene rings is 3. The summed E-state index contributed by atoms with van der Waals surface area (Å²) in [7, 11) is 0. The van der Waals surface area contributed by atoms with Crippen LogP contribution >= 0.6 is 0 Å². The van der Waals surface area contributed by atoms with E-state index in [1.807, 2.05) is 55.5 Å². The van der Waals surface area contributed by atoms with Crippen LogP contribution in [0.1, 0.15) is 24.5 Å². The lowest BCUT2D eigenvalue weighted by Crippen LogP contribution is -2.38. The Morgan fingerprint density at radius 1 is 1.00 bits per heavy atom. The van der Waals surface area contributed by atoms with Gasteiger partial charge in [0, 0.05) is 6.54 Å². The second kappa shape index (κ2) is 10.0. The minimum absolute atomic E-state index is 0.441. The highest BCUT2D eigenvalue weighted by molar-refractivity contribution is 6.35. The third kappa shape index (κ3) is 5.65. The molecule has 0 saturated carbocycles. The van der Waals surface area contributed by atoms with Gasteiger partial charge in [-0.05, 0) is 40.5 Å². The van der Waals surface area contributed by atoms with Crippen molar-refractivity contribution >= 4 is 28.8 Å². The average molecular weight is 389 g/mol. The zero-order valence-electron chi connectivity index (χ0n) is 16.2. The van der Waals surface area contributed by atoms with Crippen LogP contribution in [0.3, 0.4) is 0 Å². The Hall–Kier alpha value is -3.67. The quantitative estimate of drug-likeness (QED) is 0.369. The summed E-state index contributed by atoms with van der Waals surface area (Å²) in [4.78, 5) is 23.1. The van der Waals surface area contributed by atoms with Crippen molar-refractivity contribution in [3.8, 4) is 5.75 Å². The number of carbonyl (C=O) groups is 2. The van der Waals surface area contributed by atoms with Gasteiger partial charge in [0.1, 0.15) is 12.4 Å². The van der Waals surface area contributed by atoms with Gasteiger partial charge in [-0.2, -0.15) is 5.10 Å². The molecule has 0 aromatic heterocycles. The van der Waals surface area contributed by atoms with E-state index in [1.54, 1.807) is 0 Å². The van der Waals surface area contributed by atoms with Crippen LogP contribution in [0.2, 0.25) is 0 Å². The first-order valence-corrected chi connectivity index (χ1v) is 9.48. The van der Waals surface area contributed by atoms with Gasteiger partial charge in [0.2, 0.25) is 0 Å². The van der Waals surface area contributed by atoms with E-state index in [0.29, 0.717) is 18.9 Å². The van der Waals surface area contributed by atoms with Crippen molar-refractivity contribution in [2.75, 3.05) is 6.54 Å². The zero-order chi connectivity index (χ0) is 20.5. The van der Waals surface area contributed by atoms with Crippen LogP contribution in [0, 0.1) is 0 Å². The number of carbonyl (C=O) groups excluding carboxylic acids is 2. The molecule has 148 valence electrons. The summed E-state index contributed by atoms with van der Waals surface area (Å²) in [5.74, 6) is -0.803. The second-order valence-corrected chi connectivity index (χ2v) is 6.45. The summed E-state index contributed by atoms with van der Waals surface area (Å²) in [5, 5.41) is 8.66. The van der Waals surface area contributed by atoms with Crippen LogP contribution in [-0.2, 0) is 16.2 Å². The SMILES string of the molecule is CCCNC(=O)C(=O)N/N=C\c1cccc(OCc2cccc3ccccc23)c1. The first-order valence-electron chi connectivity index (χ1n) is 9.48. The van der Waals surface area contributed by atoms with Gasteiger partial charge in [-0.15, -0.1) is 0 Å². The molecule has 2 amide bonds. The molecular formula is C23H23N3O3. The normalized spacial score (nSPS) is 10.8. The first kappa shape index (κ1) is 20.1. The summed E-state index contributed by atoms with van der Waals surface area (Å²) >= 11 is 0. The maximum Gasteiger partial charge on any atom is 0.329 e. The third-order valence-electron chi connectivity index (χ3n) is 4.25. The van der Waals surface area contributed by atoms with Gasteiger partial charge in [-0.25, -0.2) is 5.43 Å². The number of ether oxygens (including phenoxy) is 1. The predicted octanol–water partition coefficient (Wildman–Crippen LogP) is 3.40. The van der Waals surface area contributed by atoms with Crippen molar-refractivity contribution in [2.45, 2.75) is 20.0 Å². The maximum absolute atomic E-state index is 11.6. The summed E-state index contributed by atoms with van der Waals surface area (Å²) in [6.45, 7) is 2.80. The lowest BCUT2D eigenvalue weighted by molar-refractivity contribution is -0.139. The highest BCUT2D eigenvalue weighted by Crippen LogP contribution is 2.21. The fourth-order valence-corrected chi connectivity index (χ4v) is 2.80. The highest BCUT2D eigenvalue weighted by atomic mass is 16.5. The maximum atomic E-state index is 11.6. The van der Waals surface area contributed by atoms with E-state index in [1.165, 1.54) is 11.6 Å². The monoisotopic (exact) mass is 389 g/mol. The lowest BCUT2D eigenvalue weighted by atomic mass is 10.1. The van der Waals surface area contributed by atoms with E-state index in [9.17, 15) is 9.59 Å². The predicted molar refractivity (Wildman–Crippen MR) is 114 cm³/mol. The Bertz CT molecular complexity index is 1030. The van der Waals surface area contributed by atoms with Gasteiger partial charge in [-0.3, -0.25) is 9.59 Å². The average Bonchev–Trinajstić information content (AvgIpc) is 2.76. The van der Waals surface area contributed by atoms with E-state index in [4.69, 9.17) is 4.74 Å². The lowest BCUT2D eigenvalue weighted by Gasteiger charge is -2.09. The number of nitrogens with one attached hydrogen (secondary N) is 2. The van der Waals surface area contributed by atoms with Crippen molar-refractivity contribution in [1.82, 2.24) is 10.7 Å². The van der Waals surface area contributed by atoms with Crippen molar-refractivity contribution < 1.29 is 14.3 Å². The molecule has 0 unspecified atom stereocenters. The van der Waals surface area contributed by atoms with Gasteiger partial charge in [0.25, 0.3) is 0 Å². The molecule has 0 saturated heterocycles. The van der Waals surface area contributed by atoms with Crippen molar-refractivity contribution in [3.05, 3.63) is 77.9 Å². The second-order valence-electron chi connectivity index (χ2n) is 6.45. The molecule has 0 fully saturated rings. The number of hydrogen-bond acceptors (Lipinski definition) is 4.